The summed E-state index contributed by atoms with van der Waals surface area (Å²) in [5, 5.41) is 0. The van der Waals surface area contributed by atoms with Gasteiger partial charge in [-0.05, 0) is 96.3 Å². The van der Waals surface area contributed by atoms with Crippen molar-refractivity contribution in [1.29, 1.82) is 0 Å². The van der Waals surface area contributed by atoms with E-state index >= 15 is 0 Å². The van der Waals surface area contributed by atoms with Crippen LogP contribution in [0.1, 0.15) is 265 Å². The van der Waals surface area contributed by atoms with Crippen molar-refractivity contribution < 1.29 is 28.6 Å². The normalized spacial score (nSPS) is 12.8. The van der Waals surface area contributed by atoms with E-state index in [1.54, 1.807) is 0 Å². The average molecular weight is 960 g/mol. The minimum atomic E-state index is -0.800. The van der Waals surface area contributed by atoms with Gasteiger partial charge < -0.3 is 14.2 Å². The first-order chi connectivity index (χ1) is 34.0. The van der Waals surface area contributed by atoms with E-state index in [2.05, 4.69) is 118 Å². The van der Waals surface area contributed by atoms with Gasteiger partial charge in [-0.3, -0.25) is 14.4 Å². The maximum atomic E-state index is 12.8. The highest BCUT2D eigenvalue weighted by atomic mass is 16.6. The molecule has 0 aliphatic carbocycles. The van der Waals surface area contributed by atoms with Gasteiger partial charge in [-0.25, -0.2) is 0 Å². The zero-order chi connectivity index (χ0) is 50.0. The summed E-state index contributed by atoms with van der Waals surface area (Å²) in [6.07, 6.45) is 75.5. The summed E-state index contributed by atoms with van der Waals surface area (Å²) in [6.45, 7) is 6.46. The topological polar surface area (TPSA) is 78.9 Å². The Morgan fingerprint density at radius 1 is 0.304 bits per heavy atom. The molecule has 0 aromatic carbocycles. The molecule has 0 aromatic heterocycles. The number of allylic oxidation sites excluding steroid dienone is 16. The standard InChI is InChI=1S/C63H106O6/c1-4-7-10-13-16-19-21-23-25-27-29-30-31-32-34-35-37-39-41-44-47-50-53-56-62(65)68-59-60(58-67-61(64)55-52-49-46-43-18-15-12-9-6-3)69-63(66)57-54-51-48-45-42-40-38-36-33-28-26-24-22-20-17-14-11-8-5-2/h7,10,16,19,23-26,29-30,32,34,37,39,44,47,60H,4-6,8-9,11-15,17-18,20-22,27-28,31,33,35-36,38,40-43,45-46,48-59H2,1-3H3/b10-7-,19-16-,25-23-,26-24-,30-29-,34-32-,39-37-,47-44-. The highest BCUT2D eigenvalue weighted by molar-refractivity contribution is 5.71. The Bertz CT molecular complexity index is 1380. The van der Waals surface area contributed by atoms with E-state index in [4.69, 9.17) is 14.2 Å². The van der Waals surface area contributed by atoms with Gasteiger partial charge in [-0.15, -0.1) is 0 Å². The maximum Gasteiger partial charge on any atom is 0.306 e. The quantitative estimate of drug-likeness (QED) is 0.0262. The minimum Gasteiger partial charge on any atom is -0.462 e. The lowest BCUT2D eigenvalue weighted by atomic mass is 10.1. The summed E-state index contributed by atoms with van der Waals surface area (Å²) in [6, 6.07) is 0. The van der Waals surface area contributed by atoms with Gasteiger partial charge >= 0.3 is 17.9 Å². The van der Waals surface area contributed by atoms with E-state index in [1.165, 1.54) is 128 Å². The monoisotopic (exact) mass is 959 g/mol. The molecule has 0 spiro atoms. The van der Waals surface area contributed by atoms with E-state index < -0.39 is 6.10 Å². The lowest BCUT2D eigenvalue weighted by molar-refractivity contribution is -0.167. The molecular formula is C63H106O6. The van der Waals surface area contributed by atoms with Gasteiger partial charge in [0.05, 0.1) is 0 Å². The minimum absolute atomic E-state index is 0.0951. The number of esters is 3. The molecule has 0 aliphatic heterocycles. The zero-order valence-corrected chi connectivity index (χ0v) is 45.0. The summed E-state index contributed by atoms with van der Waals surface area (Å²) in [5.41, 5.74) is 0. The van der Waals surface area contributed by atoms with E-state index in [0.717, 1.165) is 89.9 Å². The van der Waals surface area contributed by atoms with Crippen molar-refractivity contribution in [1.82, 2.24) is 0 Å². The van der Waals surface area contributed by atoms with Gasteiger partial charge in [0.25, 0.3) is 0 Å². The van der Waals surface area contributed by atoms with Crippen molar-refractivity contribution in [3.05, 3.63) is 97.2 Å². The molecule has 0 amide bonds. The van der Waals surface area contributed by atoms with Crippen LogP contribution in [0.15, 0.2) is 97.2 Å². The summed E-state index contributed by atoms with van der Waals surface area (Å²) in [5.74, 6) is -0.959. The third kappa shape index (κ3) is 55.1. The van der Waals surface area contributed by atoms with Crippen molar-refractivity contribution >= 4 is 17.9 Å². The first kappa shape index (κ1) is 65.3. The van der Waals surface area contributed by atoms with Crippen LogP contribution in [-0.4, -0.2) is 37.2 Å². The second-order valence-corrected chi connectivity index (χ2v) is 18.8. The summed E-state index contributed by atoms with van der Waals surface area (Å²) in [4.78, 5) is 38.0. The SMILES string of the molecule is CC/C=C\C/C=C\C/C=C\C/C=C\C/C=C\C/C=C\C/C=C\CCCC(=O)OCC(COC(=O)CCCCCCCCCCC)OC(=O)CCCCCCCCCCC/C=C\CCCCCCCC. The number of ether oxygens (including phenoxy) is 3. The number of rotatable bonds is 51. The van der Waals surface area contributed by atoms with Crippen LogP contribution in [0.2, 0.25) is 0 Å². The van der Waals surface area contributed by atoms with Crippen LogP contribution in [0.25, 0.3) is 0 Å². The number of unbranched alkanes of at least 4 members (excludes halogenated alkanes) is 24. The van der Waals surface area contributed by atoms with Crippen molar-refractivity contribution in [2.45, 2.75) is 271 Å². The van der Waals surface area contributed by atoms with Crippen molar-refractivity contribution in [2.75, 3.05) is 13.2 Å². The molecule has 0 saturated carbocycles. The maximum absolute atomic E-state index is 12.8. The van der Waals surface area contributed by atoms with Gasteiger partial charge in [0, 0.05) is 19.3 Å². The highest BCUT2D eigenvalue weighted by Gasteiger charge is 2.19. The molecule has 0 aliphatic rings. The van der Waals surface area contributed by atoms with Crippen LogP contribution in [0.4, 0.5) is 0 Å². The number of carbonyl (C=O) groups is 3. The lowest BCUT2D eigenvalue weighted by Gasteiger charge is -2.18. The summed E-state index contributed by atoms with van der Waals surface area (Å²) in [7, 11) is 0. The fourth-order valence-electron chi connectivity index (χ4n) is 7.78. The highest BCUT2D eigenvalue weighted by Crippen LogP contribution is 2.15. The van der Waals surface area contributed by atoms with Gasteiger partial charge in [0.15, 0.2) is 6.10 Å². The van der Waals surface area contributed by atoms with Crippen molar-refractivity contribution in [2.24, 2.45) is 0 Å². The molecule has 0 N–H and O–H groups in total. The number of carbonyl (C=O) groups excluding carboxylic acids is 3. The van der Waals surface area contributed by atoms with Crippen molar-refractivity contribution in [3.8, 4) is 0 Å². The molecule has 0 rings (SSSR count). The fraction of sp³-hybridized carbons (Fsp3) is 0.698. The predicted molar refractivity (Wildman–Crippen MR) is 297 cm³/mol. The van der Waals surface area contributed by atoms with E-state index in [0.29, 0.717) is 19.3 Å². The molecule has 0 heterocycles. The Morgan fingerprint density at radius 3 is 0.957 bits per heavy atom. The fourth-order valence-corrected chi connectivity index (χ4v) is 7.78. The molecule has 1 atom stereocenters. The zero-order valence-electron chi connectivity index (χ0n) is 45.0. The third-order valence-electron chi connectivity index (χ3n) is 12.1. The Kier molecular flexibility index (Phi) is 53.9. The molecule has 1 unspecified atom stereocenters. The van der Waals surface area contributed by atoms with Gasteiger partial charge in [-0.1, -0.05) is 246 Å². The lowest BCUT2D eigenvalue weighted by Crippen LogP contribution is -2.30. The van der Waals surface area contributed by atoms with E-state index in [1.807, 2.05) is 0 Å². The van der Waals surface area contributed by atoms with Crippen LogP contribution >= 0.6 is 0 Å². The smallest absolute Gasteiger partial charge is 0.306 e. The molecule has 6 nitrogen and oxygen atoms in total. The number of hydrogen-bond acceptors (Lipinski definition) is 6. The molecular weight excluding hydrogens is 853 g/mol. The molecule has 69 heavy (non-hydrogen) atoms. The van der Waals surface area contributed by atoms with Crippen LogP contribution in [0.5, 0.6) is 0 Å². The second-order valence-electron chi connectivity index (χ2n) is 18.8. The summed E-state index contributed by atoms with van der Waals surface area (Å²) < 4.78 is 16.8. The van der Waals surface area contributed by atoms with Gasteiger partial charge in [0.2, 0.25) is 0 Å². The van der Waals surface area contributed by atoms with E-state index in [-0.39, 0.29) is 37.5 Å². The average Bonchev–Trinajstić information content (AvgIpc) is 3.35. The van der Waals surface area contributed by atoms with Crippen LogP contribution in [0, 0.1) is 0 Å². The van der Waals surface area contributed by atoms with Crippen LogP contribution < -0.4 is 0 Å². The molecule has 0 fully saturated rings. The Hall–Kier alpha value is -3.67. The predicted octanol–water partition coefficient (Wildman–Crippen LogP) is 19.3. The largest absolute Gasteiger partial charge is 0.462 e. The first-order valence-electron chi connectivity index (χ1n) is 28.7. The first-order valence-corrected chi connectivity index (χ1v) is 28.7. The second kappa shape index (κ2) is 56.9. The van der Waals surface area contributed by atoms with E-state index in [9.17, 15) is 14.4 Å². The Morgan fingerprint density at radius 2 is 0.580 bits per heavy atom. The third-order valence-corrected chi connectivity index (χ3v) is 12.1. The molecule has 0 saturated heterocycles. The Labute approximate surface area is 426 Å². The van der Waals surface area contributed by atoms with Gasteiger partial charge in [0.1, 0.15) is 13.2 Å². The molecule has 394 valence electrons. The molecule has 0 radical (unpaired) electrons. The van der Waals surface area contributed by atoms with Crippen LogP contribution in [-0.2, 0) is 28.6 Å². The van der Waals surface area contributed by atoms with Crippen molar-refractivity contribution in [3.63, 3.8) is 0 Å². The number of hydrogen-bond donors (Lipinski definition) is 0. The van der Waals surface area contributed by atoms with Gasteiger partial charge in [-0.2, -0.15) is 0 Å². The molecule has 6 heteroatoms. The van der Waals surface area contributed by atoms with Crippen LogP contribution in [0.3, 0.4) is 0 Å². The Balaban J connectivity index is 4.39. The summed E-state index contributed by atoms with van der Waals surface area (Å²) >= 11 is 0. The molecule has 0 bridgehead atoms. The molecule has 0 aromatic rings.